The van der Waals surface area contributed by atoms with Crippen molar-refractivity contribution in [2.24, 2.45) is 0 Å². The maximum atomic E-state index is 5.07. The lowest BCUT2D eigenvalue weighted by atomic mass is 10.0. The van der Waals surface area contributed by atoms with Crippen molar-refractivity contribution < 1.29 is 0 Å². The molecule has 1 rings (SSSR count). The number of hydrogen-bond donors (Lipinski definition) is 0. The normalized spacial score (nSPS) is 11.2. The molecule has 26 heavy (non-hydrogen) atoms. The summed E-state index contributed by atoms with van der Waals surface area (Å²) in [6, 6.07) is 8.89. The Bertz CT molecular complexity index is 395. The van der Waals surface area contributed by atoms with Crippen molar-refractivity contribution in [3.05, 3.63) is 35.4 Å². The van der Waals surface area contributed by atoms with E-state index in [0.717, 1.165) is 5.75 Å². The summed E-state index contributed by atoms with van der Waals surface area (Å²) in [5, 5.41) is 0. The topological polar surface area (TPSA) is 0 Å². The third-order valence-electron chi connectivity index (χ3n) is 5.51. The zero-order chi connectivity index (χ0) is 18.7. The van der Waals surface area contributed by atoms with Crippen LogP contribution in [0.25, 0.3) is 0 Å². The molecule has 0 aliphatic rings. The Morgan fingerprint density at radius 1 is 0.500 bits per heavy atom. The molecule has 0 saturated heterocycles. The zero-order valence-electron chi connectivity index (χ0n) is 17.4. The summed E-state index contributed by atoms with van der Waals surface area (Å²) in [4.78, 5) is 0. The third kappa shape index (κ3) is 13.7. The fourth-order valence-corrected chi connectivity index (χ4v) is 3.87. The molecule has 0 aromatic heterocycles. The molecule has 0 aliphatic heterocycles. The molecule has 0 spiro atoms. The van der Waals surface area contributed by atoms with E-state index in [9.17, 15) is 0 Å². The predicted octanol–water partition coefficient (Wildman–Crippen LogP) is 9.19. The van der Waals surface area contributed by atoms with Crippen molar-refractivity contribution in [3.8, 4) is 0 Å². The van der Waals surface area contributed by atoms with Gasteiger partial charge in [0.1, 0.15) is 0 Å². The molecular formula is C25H43S. The molecule has 149 valence electrons. The van der Waals surface area contributed by atoms with Crippen LogP contribution in [-0.4, -0.2) is 0 Å². The van der Waals surface area contributed by atoms with Gasteiger partial charge in [-0.2, -0.15) is 0 Å². The molecule has 0 amide bonds. The molecule has 0 nitrogen and oxygen atoms in total. The van der Waals surface area contributed by atoms with Crippen LogP contribution in [0.5, 0.6) is 0 Å². The largest absolute Gasteiger partial charge is 0.0890 e. The average molecular weight is 376 g/mol. The lowest BCUT2D eigenvalue weighted by Gasteiger charge is -2.04. The Labute approximate surface area is 170 Å². The summed E-state index contributed by atoms with van der Waals surface area (Å²) in [5.74, 6) is 0.735. The molecule has 0 aliphatic carbocycles. The molecule has 0 saturated carbocycles. The van der Waals surface area contributed by atoms with Crippen LogP contribution in [0, 0.1) is 0 Å². The minimum absolute atomic E-state index is 0.735. The quantitative estimate of drug-likeness (QED) is 0.224. The van der Waals surface area contributed by atoms with Gasteiger partial charge in [-0.1, -0.05) is 140 Å². The predicted molar refractivity (Wildman–Crippen MR) is 121 cm³/mol. The van der Waals surface area contributed by atoms with Gasteiger partial charge < -0.3 is 0 Å². The van der Waals surface area contributed by atoms with E-state index < -0.39 is 0 Å². The van der Waals surface area contributed by atoms with Gasteiger partial charge in [0.2, 0.25) is 0 Å². The van der Waals surface area contributed by atoms with Crippen LogP contribution < -0.4 is 0 Å². The van der Waals surface area contributed by atoms with Crippen molar-refractivity contribution in [2.75, 3.05) is 0 Å². The van der Waals surface area contributed by atoms with Gasteiger partial charge in [-0.15, -0.1) is 0 Å². The van der Waals surface area contributed by atoms with Crippen LogP contribution in [0.4, 0.5) is 0 Å². The van der Waals surface area contributed by atoms with Crippen molar-refractivity contribution in [1.82, 2.24) is 0 Å². The highest BCUT2D eigenvalue weighted by Crippen LogP contribution is 2.15. The van der Waals surface area contributed by atoms with E-state index >= 15 is 0 Å². The van der Waals surface area contributed by atoms with Crippen molar-refractivity contribution in [3.63, 3.8) is 0 Å². The Morgan fingerprint density at radius 2 is 0.846 bits per heavy atom. The minimum atomic E-state index is 0.735. The summed E-state index contributed by atoms with van der Waals surface area (Å²) in [7, 11) is 0. The Morgan fingerprint density at radius 3 is 1.23 bits per heavy atom. The summed E-state index contributed by atoms with van der Waals surface area (Å²) < 4.78 is 0. The van der Waals surface area contributed by atoms with Gasteiger partial charge in [-0.3, -0.25) is 0 Å². The number of hydrogen-bond acceptors (Lipinski definition) is 0. The van der Waals surface area contributed by atoms with Crippen molar-refractivity contribution >= 4 is 12.6 Å². The smallest absolute Gasteiger partial charge is 0.0288 e. The molecule has 1 aromatic carbocycles. The van der Waals surface area contributed by atoms with Crippen LogP contribution in [0.1, 0.15) is 121 Å². The van der Waals surface area contributed by atoms with Crippen LogP contribution in [0.2, 0.25) is 0 Å². The second-order valence-corrected chi connectivity index (χ2v) is 8.30. The van der Waals surface area contributed by atoms with Crippen LogP contribution in [0.3, 0.4) is 0 Å². The summed E-state index contributed by atoms with van der Waals surface area (Å²) in [5.41, 5.74) is 2.75. The van der Waals surface area contributed by atoms with E-state index in [-0.39, 0.29) is 0 Å². The third-order valence-corrected chi connectivity index (χ3v) is 5.84. The Hall–Kier alpha value is -0.430. The SMILES string of the molecule is CCCCCCCCCCCCCCCCCCc1ccc(C[S])cc1. The highest BCUT2D eigenvalue weighted by atomic mass is 32.1. The molecule has 0 unspecified atom stereocenters. The van der Waals surface area contributed by atoms with Crippen LogP contribution in [-0.2, 0) is 12.2 Å². The molecule has 0 N–H and O–H groups in total. The first-order chi connectivity index (χ1) is 12.9. The van der Waals surface area contributed by atoms with E-state index in [1.807, 2.05) is 0 Å². The monoisotopic (exact) mass is 375 g/mol. The van der Waals surface area contributed by atoms with E-state index in [1.165, 1.54) is 120 Å². The number of rotatable bonds is 18. The first-order valence-electron chi connectivity index (χ1n) is 11.5. The zero-order valence-corrected chi connectivity index (χ0v) is 18.3. The number of aryl methyl sites for hydroxylation is 1. The summed E-state index contributed by atoms with van der Waals surface area (Å²) >= 11 is 5.07. The molecule has 1 aromatic rings. The van der Waals surface area contributed by atoms with E-state index in [4.69, 9.17) is 12.6 Å². The lowest BCUT2D eigenvalue weighted by molar-refractivity contribution is 0.529. The summed E-state index contributed by atoms with van der Waals surface area (Å²) in [6.45, 7) is 2.30. The highest BCUT2D eigenvalue weighted by molar-refractivity contribution is 7.79. The molecule has 1 heteroatoms. The van der Waals surface area contributed by atoms with E-state index in [1.54, 1.807) is 0 Å². The maximum absolute atomic E-state index is 5.07. The van der Waals surface area contributed by atoms with Gasteiger partial charge in [-0.05, 0) is 24.0 Å². The molecule has 0 bridgehead atoms. The Balaban J connectivity index is 1.76. The maximum Gasteiger partial charge on any atom is 0.0288 e. The standard InChI is InChI=1S/C25H43S/c1-2-3-4-5-6-7-8-9-10-11-12-13-14-15-16-17-18-24-19-21-25(23-26)22-20-24/h19-22H,2-18,23H2,1H3. The van der Waals surface area contributed by atoms with Gasteiger partial charge in [-0.25, -0.2) is 0 Å². The second-order valence-electron chi connectivity index (χ2n) is 8.01. The molecule has 0 atom stereocenters. The highest BCUT2D eigenvalue weighted by Gasteiger charge is 1.96. The minimum Gasteiger partial charge on any atom is -0.0890 e. The van der Waals surface area contributed by atoms with Gasteiger partial charge in [0, 0.05) is 5.75 Å². The van der Waals surface area contributed by atoms with Crippen LogP contribution in [0.15, 0.2) is 24.3 Å². The average Bonchev–Trinajstić information content (AvgIpc) is 2.68. The summed E-state index contributed by atoms with van der Waals surface area (Å²) in [6.07, 6.45) is 24.3. The second kappa shape index (κ2) is 18.0. The molecule has 0 fully saturated rings. The van der Waals surface area contributed by atoms with E-state index in [2.05, 4.69) is 31.2 Å². The first-order valence-corrected chi connectivity index (χ1v) is 12.1. The van der Waals surface area contributed by atoms with Crippen LogP contribution >= 0.6 is 12.6 Å². The number of unbranched alkanes of at least 4 members (excludes halogenated alkanes) is 15. The molecule has 1 radical (unpaired) electrons. The fourth-order valence-electron chi connectivity index (χ4n) is 3.68. The molecular weight excluding hydrogens is 332 g/mol. The lowest BCUT2D eigenvalue weighted by Crippen LogP contribution is -1.87. The number of benzene rings is 1. The van der Waals surface area contributed by atoms with Crippen molar-refractivity contribution in [2.45, 2.75) is 122 Å². The first kappa shape index (κ1) is 23.6. The van der Waals surface area contributed by atoms with Crippen molar-refractivity contribution in [1.29, 1.82) is 0 Å². The van der Waals surface area contributed by atoms with E-state index in [0.29, 0.717) is 0 Å². The van der Waals surface area contributed by atoms with Gasteiger partial charge in [0.15, 0.2) is 0 Å². The fraction of sp³-hybridized carbons (Fsp3) is 0.760. The Kier molecular flexibility index (Phi) is 16.3. The van der Waals surface area contributed by atoms with Gasteiger partial charge in [0.05, 0.1) is 0 Å². The van der Waals surface area contributed by atoms with Gasteiger partial charge >= 0.3 is 0 Å². The van der Waals surface area contributed by atoms with Gasteiger partial charge in [0.25, 0.3) is 0 Å². The molecule has 0 heterocycles.